The highest BCUT2D eigenvalue weighted by molar-refractivity contribution is 6.33. The van der Waals surface area contributed by atoms with Gasteiger partial charge in [0, 0.05) is 54.9 Å². The molecule has 0 unspecified atom stereocenters. The molecular formula is C25H24ClFN4O3. The van der Waals surface area contributed by atoms with E-state index in [0.29, 0.717) is 65.0 Å². The molecule has 1 fully saturated rings. The lowest BCUT2D eigenvalue weighted by Gasteiger charge is -2.21. The summed E-state index contributed by atoms with van der Waals surface area (Å²) >= 11 is 6.46. The van der Waals surface area contributed by atoms with Crippen molar-refractivity contribution in [2.24, 2.45) is 5.92 Å². The minimum atomic E-state index is -0.343. The van der Waals surface area contributed by atoms with E-state index < -0.39 is 0 Å². The maximum atomic E-state index is 13.3. The molecule has 1 aromatic heterocycles. The molecule has 0 bridgehead atoms. The molecule has 0 radical (unpaired) electrons. The molecule has 2 heterocycles. The summed E-state index contributed by atoms with van der Waals surface area (Å²) in [6, 6.07) is 12.8. The summed E-state index contributed by atoms with van der Waals surface area (Å²) in [7, 11) is 1.55. The molecule has 3 N–H and O–H groups in total. The molecule has 2 aromatic carbocycles. The fourth-order valence-corrected chi connectivity index (χ4v) is 3.96. The van der Waals surface area contributed by atoms with Gasteiger partial charge in [0.25, 0.3) is 5.91 Å². The zero-order valence-corrected chi connectivity index (χ0v) is 19.3. The molecule has 176 valence electrons. The molecule has 1 saturated heterocycles. The number of nitrogens with one attached hydrogen (secondary N) is 3. The number of rotatable bonds is 6. The minimum absolute atomic E-state index is 0.109. The van der Waals surface area contributed by atoms with Crippen LogP contribution in [0.15, 0.2) is 54.7 Å². The lowest BCUT2D eigenvalue weighted by atomic mass is 9.99. The first-order valence-corrected chi connectivity index (χ1v) is 11.2. The van der Waals surface area contributed by atoms with Gasteiger partial charge >= 0.3 is 0 Å². The van der Waals surface area contributed by atoms with Crippen LogP contribution in [0.3, 0.4) is 0 Å². The quantitative estimate of drug-likeness (QED) is 0.459. The van der Waals surface area contributed by atoms with Crippen molar-refractivity contribution in [3.63, 3.8) is 0 Å². The first-order chi connectivity index (χ1) is 16.4. The predicted octanol–water partition coefficient (Wildman–Crippen LogP) is 5.01. The highest BCUT2D eigenvalue weighted by Crippen LogP contribution is 2.33. The number of pyridine rings is 1. The van der Waals surface area contributed by atoms with Crippen LogP contribution < -0.4 is 16.0 Å². The predicted molar refractivity (Wildman–Crippen MR) is 130 cm³/mol. The van der Waals surface area contributed by atoms with Gasteiger partial charge in [0.15, 0.2) is 0 Å². The van der Waals surface area contributed by atoms with Gasteiger partial charge in [0.2, 0.25) is 5.91 Å². The van der Waals surface area contributed by atoms with Crippen LogP contribution >= 0.6 is 11.6 Å². The molecule has 1 aliphatic heterocycles. The van der Waals surface area contributed by atoms with Gasteiger partial charge in [-0.25, -0.2) is 9.37 Å². The molecular weight excluding hydrogens is 459 g/mol. The van der Waals surface area contributed by atoms with Crippen molar-refractivity contribution in [1.82, 2.24) is 10.3 Å². The Morgan fingerprint density at radius 3 is 2.50 bits per heavy atom. The van der Waals surface area contributed by atoms with Gasteiger partial charge in [-0.2, -0.15) is 0 Å². The van der Waals surface area contributed by atoms with Crippen molar-refractivity contribution in [2.75, 3.05) is 30.9 Å². The normalized spacial score (nSPS) is 13.9. The third-order valence-corrected chi connectivity index (χ3v) is 5.87. The Balaban J connectivity index is 1.66. The monoisotopic (exact) mass is 482 g/mol. The molecule has 34 heavy (non-hydrogen) atoms. The van der Waals surface area contributed by atoms with Crippen LogP contribution in [0.25, 0.3) is 11.1 Å². The fraction of sp³-hybridized carbons (Fsp3) is 0.240. The Morgan fingerprint density at radius 1 is 1.06 bits per heavy atom. The Hall–Kier alpha value is -3.49. The van der Waals surface area contributed by atoms with E-state index in [1.54, 1.807) is 37.4 Å². The SMILES string of the molecule is CNC(=O)c1cc(Nc2ccc(F)cc2)cc(-c2cc(NC(=O)C3CCOCC3)ncc2Cl)c1. The summed E-state index contributed by atoms with van der Waals surface area (Å²) in [5.41, 5.74) is 2.94. The van der Waals surface area contributed by atoms with Crippen LogP contribution in [-0.4, -0.2) is 37.1 Å². The molecule has 4 rings (SSSR count). The maximum absolute atomic E-state index is 13.3. The summed E-state index contributed by atoms with van der Waals surface area (Å²) in [4.78, 5) is 29.3. The zero-order chi connectivity index (χ0) is 24.1. The summed E-state index contributed by atoms with van der Waals surface area (Å²) in [5, 5.41) is 9.03. The lowest BCUT2D eigenvalue weighted by molar-refractivity contribution is -0.122. The number of nitrogens with zero attached hydrogens (tertiary/aromatic N) is 1. The van der Waals surface area contributed by atoms with Crippen LogP contribution in [0.4, 0.5) is 21.6 Å². The number of aromatic nitrogens is 1. The summed E-state index contributed by atoms with van der Waals surface area (Å²) in [6.45, 7) is 1.13. The van der Waals surface area contributed by atoms with E-state index >= 15 is 0 Å². The van der Waals surface area contributed by atoms with Gasteiger partial charge in [-0.1, -0.05) is 11.6 Å². The smallest absolute Gasteiger partial charge is 0.251 e. The zero-order valence-electron chi connectivity index (χ0n) is 18.5. The maximum Gasteiger partial charge on any atom is 0.251 e. The Morgan fingerprint density at radius 2 is 1.79 bits per heavy atom. The van der Waals surface area contributed by atoms with E-state index in [4.69, 9.17) is 16.3 Å². The minimum Gasteiger partial charge on any atom is -0.381 e. The second kappa shape index (κ2) is 10.6. The van der Waals surface area contributed by atoms with Gasteiger partial charge in [0.05, 0.1) is 5.02 Å². The van der Waals surface area contributed by atoms with E-state index in [1.807, 2.05) is 6.07 Å². The highest BCUT2D eigenvalue weighted by atomic mass is 35.5. The number of amides is 2. The second-order valence-corrected chi connectivity index (χ2v) is 8.34. The number of benzene rings is 2. The van der Waals surface area contributed by atoms with Gasteiger partial charge in [0.1, 0.15) is 11.6 Å². The van der Waals surface area contributed by atoms with Crippen molar-refractivity contribution < 1.29 is 18.7 Å². The number of carbonyl (C=O) groups excluding carboxylic acids is 2. The first kappa shape index (κ1) is 23.7. The van der Waals surface area contributed by atoms with E-state index in [-0.39, 0.29) is 23.5 Å². The molecule has 1 aliphatic rings. The molecule has 0 atom stereocenters. The average molecular weight is 483 g/mol. The van der Waals surface area contributed by atoms with E-state index in [9.17, 15) is 14.0 Å². The van der Waals surface area contributed by atoms with Crippen LogP contribution in [0.1, 0.15) is 23.2 Å². The molecule has 2 amide bonds. The number of halogens is 2. The van der Waals surface area contributed by atoms with Crippen LogP contribution in [0, 0.1) is 11.7 Å². The average Bonchev–Trinajstić information content (AvgIpc) is 2.86. The number of hydrogen-bond donors (Lipinski definition) is 3. The largest absolute Gasteiger partial charge is 0.381 e. The molecule has 7 nitrogen and oxygen atoms in total. The van der Waals surface area contributed by atoms with Gasteiger partial charge in [-0.05, 0) is 66.9 Å². The van der Waals surface area contributed by atoms with Gasteiger partial charge in [-0.3, -0.25) is 9.59 Å². The first-order valence-electron chi connectivity index (χ1n) is 10.9. The Bertz CT molecular complexity index is 1200. The third-order valence-electron chi connectivity index (χ3n) is 5.56. The molecule has 3 aromatic rings. The summed E-state index contributed by atoms with van der Waals surface area (Å²) in [5.74, 6) is -0.486. The van der Waals surface area contributed by atoms with Crippen molar-refractivity contribution in [3.8, 4) is 11.1 Å². The third kappa shape index (κ3) is 5.70. The number of anilines is 3. The van der Waals surface area contributed by atoms with Crippen molar-refractivity contribution >= 4 is 40.6 Å². The Kier molecular flexibility index (Phi) is 7.40. The van der Waals surface area contributed by atoms with E-state index in [0.717, 1.165) is 0 Å². The van der Waals surface area contributed by atoms with Crippen molar-refractivity contribution in [1.29, 1.82) is 0 Å². The summed E-state index contributed by atoms with van der Waals surface area (Å²) < 4.78 is 18.6. The highest BCUT2D eigenvalue weighted by Gasteiger charge is 2.22. The molecule has 0 saturated carbocycles. The molecule has 0 spiro atoms. The van der Waals surface area contributed by atoms with Crippen molar-refractivity contribution in [2.45, 2.75) is 12.8 Å². The molecule has 0 aliphatic carbocycles. The standard InChI is InChI=1S/C25H24ClFN4O3/c1-28-24(32)17-10-16(11-20(12-17)30-19-4-2-18(27)3-5-19)21-13-23(29-14-22(21)26)31-25(33)15-6-8-34-9-7-15/h2-5,10-15,30H,6-9H2,1H3,(H,28,32)(H,29,31,33). The number of ether oxygens (including phenoxy) is 1. The fourth-order valence-electron chi connectivity index (χ4n) is 3.75. The van der Waals surface area contributed by atoms with Crippen LogP contribution in [0.2, 0.25) is 5.02 Å². The topological polar surface area (TPSA) is 92.4 Å². The number of carbonyl (C=O) groups is 2. The van der Waals surface area contributed by atoms with E-state index in [1.165, 1.54) is 18.3 Å². The van der Waals surface area contributed by atoms with Gasteiger partial charge < -0.3 is 20.7 Å². The Labute approximate surface area is 201 Å². The number of hydrogen-bond acceptors (Lipinski definition) is 5. The van der Waals surface area contributed by atoms with Crippen LogP contribution in [0.5, 0.6) is 0 Å². The van der Waals surface area contributed by atoms with Gasteiger partial charge in [-0.15, -0.1) is 0 Å². The molecule has 9 heteroatoms. The van der Waals surface area contributed by atoms with Crippen molar-refractivity contribution in [3.05, 3.63) is 71.1 Å². The lowest BCUT2D eigenvalue weighted by Crippen LogP contribution is -2.28. The summed E-state index contributed by atoms with van der Waals surface area (Å²) in [6.07, 6.45) is 2.80. The van der Waals surface area contributed by atoms with E-state index in [2.05, 4.69) is 20.9 Å². The second-order valence-electron chi connectivity index (χ2n) is 7.94. The van der Waals surface area contributed by atoms with Crippen LogP contribution in [-0.2, 0) is 9.53 Å².